The molecule has 0 aliphatic heterocycles. The van der Waals surface area contributed by atoms with Gasteiger partial charge in [-0.2, -0.15) is 0 Å². The van der Waals surface area contributed by atoms with Crippen molar-refractivity contribution in [2.45, 2.75) is 19.9 Å². The Bertz CT molecular complexity index is 231. The van der Waals surface area contributed by atoms with E-state index < -0.39 is 0 Å². The Kier molecular flexibility index (Phi) is 7.29. The molecule has 0 radical (unpaired) electrons. The van der Waals surface area contributed by atoms with Crippen molar-refractivity contribution in [3.05, 3.63) is 25.3 Å². The number of nitrogens with zero attached hydrogens (tertiary/aromatic N) is 2. The molecule has 92 valence electrons. The maximum Gasteiger partial charge on any atom is 0.185 e. The summed E-state index contributed by atoms with van der Waals surface area (Å²) in [6.45, 7) is 14.1. The molecule has 0 aromatic carbocycles. The highest BCUT2D eigenvalue weighted by molar-refractivity contribution is 5.75. The van der Waals surface area contributed by atoms with E-state index in [0.717, 1.165) is 13.1 Å². The van der Waals surface area contributed by atoms with Gasteiger partial charge in [0.05, 0.1) is 6.54 Å². The normalized spacial score (nSPS) is 12.5. The van der Waals surface area contributed by atoms with Gasteiger partial charge in [0, 0.05) is 19.1 Å². The lowest BCUT2D eigenvalue weighted by Crippen LogP contribution is -2.42. The highest BCUT2D eigenvalue weighted by atomic mass is 15.2. The van der Waals surface area contributed by atoms with Crippen LogP contribution in [0.25, 0.3) is 0 Å². The smallest absolute Gasteiger partial charge is 0.185 e. The second-order valence-electron chi connectivity index (χ2n) is 4.11. The number of rotatable bonds is 8. The standard InChI is InChI=1S/C12H24N4/c1-5-7-16(8-6-2)11(10(3)4)9-15-12(13)14/h5-6,10-11H,1-2,7-9H2,3-4H3,(H4,13,14,15). The Hall–Kier alpha value is -1.29. The molecule has 0 aromatic rings. The molecule has 4 N–H and O–H groups in total. The zero-order chi connectivity index (χ0) is 12.6. The first kappa shape index (κ1) is 14.7. The van der Waals surface area contributed by atoms with Gasteiger partial charge in [-0.3, -0.25) is 9.89 Å². The van der Waals surface area contributed by atoms with Gasteiger partial charge in [-0.05, 0) is 5.92 Å². The van der Waals surface area contributed by atoms with Crippen molar-refractivity contribution in [3.8, 4) is 0 Å². The van der Waals surface area contributed by atoms with Crippen LogP contribution in [-0.2, 0) is 0 Å². The lowest BCUT2D eigenvalue weighted by Gasteiger charge is -2.31. The molecule has 0 rings (SSSR count). The molecule has 0 fully saturated rings. The number of guanidine groups is 1. The summed E-state index contributed by atoms with van der Waals surface area (Å²) < 4.78 is 0. The lowest BCUT2D eigenvalue weighted by atomic mass is 10.0. The molecule has 4 nitrogen and oxygen atoms in total. The van der Waals surface area contributed by atoms with Crippen molar-refractivity contribution in [1.29, 1.82) is 0 Å². The van der Waals surface area contributed by atoms with Crippen molar-refractivity contribution in [2.24, 2.45) is 22.4 Å². The van der Waals surface area contributed by atoms with E-state index in [2.05, 4.69) is 36.9 Å². The second-order valence-corrected chi connectivity index (χ2v) is 4.11. The fourth-order valence-electron chi connectivity index (χ4n) is 1.62. The molecule has 0 amide bonds. The molecule has 0 heterocycles. The van der Waals surface area contributed by atoms with Crippen molar-refractivity contribution in [3.63, 3.8) is 0 Å². The monoisotopic (exact) mass is 224 g/mol. The summed E-state index contributed by atoms with van der Waals surface area (Å²) in [5.41, 5.74) is 10.7. The molecule has 0 aliphatic carbocycles. The minimum atomic E-state index is 0.141. The van der Waals surface area contributed by atoms with E-state index in [0.29, 0.717) is 18.5 Å². The fourth-order valence-corrected chi connectivity index (χ4v) is 1.62. The average Bonchev–Trinajstić information content (AvgIpc) is 2.17. The van der Waals surface area contributed by atoms with E-state index in [1.807, 2.05) is 12.2 Å². The third-order valence-electron chi connectivity index (χ3n) is 2.43. The highest BCUT2D eigenvalue weighted by Gasteiger charge is 2.19. The van der Waals surface area contributed by atoms with E-state index in [1.165, 1.54) is 0 Å². The van der Waals surface area contributed by atoms with Crippen molar-refractivity contribution < 1.29 is 0 Å². The summed E-state index contributed by atoms with van der Waals surface area (Å²) in [7, 11) is 0. The number of nitrogens with two attached hydrogens (primary N) is 2. The van der Waals surface area contributed by atoms with Gasteiger partial charge in [-0.1, -0.05) is 26.0 Å². The average molecular weight is 224 g/mol. The van der Waals surface area contributed by atoms with Gasteiger partial charge in [-0.25, -0.2) is 0 Å². The second kappa shape index (κ2) is 7.93. The van der Waals surface area contributed by atoms with Crippen LogP contribution in [0.3, 0.4) is 0 Å². The summed E-state index contributed by atoms with van der Waals surface area (Å²) in [4.78, 5) is 6.35. The maximum atomic E-state index is 5.36. The molecule has 0 aromatic heterocycles. The summed E-state index contributed by atoms with van der Waals surface area (Å²) in [6, 6.07) is 0.304. The largest absolute Gasteiger partial charge is 0.370 e. The zero-order valence-corrected chi connectivity index (χ0v) is 10.4. The SMILES string of the molecule is C=CCN(CC=C)C(CN=C(N)N)C(C)C. The van der Waals surface area contributed by atoms with Gasteiger partial charge < -0.3 is 11.5 Å². The van der Waals surface area contributed by atoms with E-state index in [9.17, 15) is 0 Å². The summed E-state index contributed by atoms with van der Waals surface area (Å²) in [5.74, 6) is 0.616. The van der Waals surface area contributed by atoms with Gasteiger partial charge >= 0.3 is 0 Å². The summed E-state index contributed by atoms with van der Waals surface area (Å²) in [6.07, 6.45) is 3.77. The van der Waals surface area contributed by atoms with E-state index in [4.69, 9.17) is 11.5 Å². The third kappa shape index (κ3) is 5.56. The summed E-state index contributed by atoms with van der Waals surface area (Å²) >= 11 is 0. The molecule has 0 saturated heterocycles. The van der Waals surface area contributed by atoms with Crippen LogP contribution in [-0.4, -0.2) is 36.5 Å². The van der Waals surface area contributed by atoms with Crippen LogP contribution in [0.5, 0.6) is 0 Å². The van der Waals surface area contributed by atoms with Crippen LogP contribution in [0.2, 0.25) is 0 Å². The minimum absolute atomic E-state index is 0.141. The molecule has 0 aliphatic rings. The van der Waals surface area contributed by atoms with Crippen LogP contribution in [0.4, 0.5) is 0 Å². The van der Waals surface area contributed by atoms with E-state index in [1.54, 1.807) is 0 Å². The van der Waals surface area contributed by atoms with Crippen molar-refractivity contribution in [2.75, 3.05) is 19.6 Å². The first-order chi connectivity index (χ1) is 7.52. The minimum Gasteiger partial charge on any atom is -0.370 e. The molecule has 16 heavy (non-hydrogen) atoms. The van der Waals surface area contributed by atoms with Gasteiger partial charge in [0.25, 0.3) is 0 Å². The summed E-state index contributed by atoms with van der Waals surface area (Å²) in [5, 5.41) is 0. The Morgan fingerprint density at radius 1 is 1.25 bits per heavy atom. The first-order valence-corrected chi connectivity index (χ1v) is 5.54. The lowest BCUT2D eigenvalue weighted by molar-refractivity contribution is 0.196. The van der Waals surface area contributed by atoms with Gasteiger partial charge in [0.1, 0.15) is 0 Å². The van der Waals surface area contributed by atoms with Gasteiger partial charge in [-0.15, -0.1) is 13.2 Å². The quantitative estimate of drug-likeness (QED) is 0.366. The molecule has 1 unspecified atom stereocenters. The first-order valence-electron chi connectivity index (χ1n) is 5.54. The molecule has 0 bridgehead atoms. The molecular weight excluding hydrogens is 200 g/mol. The predicted molar refractivity (Wildman–Crippen MR) is 71.3 cm³/mol. The maximum absolute atomic E-state index is 5.36. The number of hydrogen-bond acceptors (Lipinski definition) is 2. The van der Waals surface area contributed by atoms with Gasteiger partial charge in [0.2, 0.25) is 0 Å². The van der Waals surface area contributed by atoms with Crippen LogP contribution in [0.1, 0.15) is 13.8 Å². The Labute approximate surface area is 98.7 Å². The Balaban J connectivity index is 4.61. The van der Waals surface area contributed by atoms with Gasteiger partial charge in [0.15, 0.2) is 5.96 Å². The predicted octanol–water partition coefficient (Wildman–Crippen LogP) is 0.958. The third-order valence-corrected chi connectivity index (χ3v) is 2.43. The molecular formula is C12H24N4. The number of aliphatic imine (C=N–C) groups is 1. The topological polar surface area (TPSA) is 67.6 Å². The molecule has 0 spiro atoms. The van der Waals surface area contributed by atoms with Crippen molar-refractivity contribution in [1.82, 2.24) is 4.90 Å². The van der Waals surface area contributed by atoms with Crippen molar-refractivity contribution >= 4 is 5.96 Å². The molecule has 1 atom stereocenters. The Morgan fingerprint density at radius 2 is 1.75 bits per heavy atom. The van der Waals surface area contributed by atoms with Crippen LogP contribution >= 0.6 is 0 Å². The highest BCUT2D eigenvalue weighted by Crippen LogP contribution is 2.11. The van der Waals surface area contributed by atoms with Crippen LogP contribution < -0.4 is 11.5 Å². The zero-order valence-electron chi connectivity index (χ0n) is 10.4. The molecule has 0 saturated carbocycles. The van der Waals surface area contributed by atoms with E-state index >= 15 is 0 Å². The fraction of sp³-hybridized carbons (Fsp3) is 0.583. The van der Waals surface area contributed by atoms with Crippen LogP contribution in [0.15, 0.2) is 30.3 Å². The van der Waals surface area contributed by atoms with E-state index in [-0.39, 0.29) is 5.96 Å². The molecule has 4 heteroatoms. The van der Waals surface area contributed by atoms with Crippen LogP contribution in [0, 0.1) is 5.92 Å². The Morgan fingerprint density at radius 3 is 2.06 bits per heavy atom. The number of hydrogen-bond donors (Lipinski definition) is 2.